The zero-order chi connectivity index (χ0) is 53.2. The first kappa shape index (κ1) is 49.5. The van der Waals surface area contributed by atoms with Gasteiger partial charge in [-0.3, -0.25) is 0 Å². The van der Waals surface area contributed by atoms with Crippen LogP contribution in [0.4, 0.5) is 50.5 Å². The molecular weight excluding hydrogens is 950 g/mol. The number of fused-ring (bicyclic) bond motifs is 7. The molecular formula is C72H72BN3S. The van der Waals surface area contributed by atoms with Gasteiger partial charge < -0.3 is 14.7 Å². The molecule has 0 fully saturated rings. The maximum absolute atomic E-state index is 2.73. The molecule has 1 atom stereocenters. The number of thiophene rings is 1. The molecule has 1 unspecified atom stereocenters. The number of nitrogens with zero attached hydrogens (tertiary/aromatic N) is 3. The predicted octanol–water partition coefficient (Wildman–Crippen LogP) is 18.9. The van der Waals surface area contributed by atoms with Gasteiger partial charge in [-0.1, -0.05) is 172 Å². The number of para-hydroxylation sites is 3. The van der Waals surface area contributed by atoms with Gasteiger partial charge >= 0.3 is 0 Å². The molecule has 0 bridgehead atoms. The highest BCUT2D eigenvalue weighted by Crippen LogP contribution is 2.55. The second-order valence-electron chi connectivity index (χ2n) is 25.9. The molecule has 0 amide bonds. The largest absolute Gasteiger partial charge is 0.311 e. The lowest BCUT2D eigenvalue weighted by Crippen LogP contribution is -2.61. The van der Waals surface area contributed by atoms with E-state index in [0.29, 0.717) is 5.92 Å². The number of allylic oxidation sites excluding steroid dienone is 2. The molecule has 2 aliphatic carbocycles. The van der Waals surface area contributed by atoms with Crippen LogP contribution >= 0.6 is 11.3 Å². The molecule has 13 rings (SSSR count). The number of hydrogen-bond acceptors (Lipinski definition) is 4. The Morgan fingerprint density at radius 2 is 1.12 bits per heavy atom. The molecule has 1 aromatic heterocycles. The summed E-state index contributed by atoms with van der Waals surface area (Å²) in [4.78, 5) is 7.87. The van der Waals surface area contributed by atoms with Crippen LogP contribution in [0.5, 0.6) is 0 Å². The first-order valence-electron chi connectivity index (χ1n) is 28.3. The summed E-state index contributed by atoms with van der Waals surface area (Å²) in [5.74, 6) is 0.340. The molecule has 9 aromatic rings. The number of hydrogen-bond donors (Lipinski definition) is 0. The van der Waals surface area contributed by atoms with Crippen LogP contribution in [0.1, 0.15) is 135 Å². The van der Waals surface area contributed by atoms with Gasteiger partial charge in [0.15, 0.2) is 0 Å². The summed E-state index contributed by atoms with van der Waals surface area (Å²) in [7, 11) is 0. The SMILES string of the molecule is CC(C)(C)c1ccc(N2c3cc(C(C)(C)C)cc4c3B(c3ccccc3N4c3ccc(N(c4ccccc4)c4ccccc4)cc3C3CC=CCC3)c3c2sc2cc4c(cc32)C(C)(C)CCC4(C)C)c(-c2ccccc2)c1. The quantitative estimate of drug-likeness (QED) is 0.116. The van der Waals surface area contributed by atoms with Gasteiger partial charge in [0.25, 0.3) is 6.71 Å². The second-order valence-corrected chi connectivity index (χ2v) is 26.9. The van der Waals surface area contributed by atoms with E-state index in [0.717, 1.165) is 30.6 Å². The molecule has 384 valence electrons. The van der Waals surface area contributed by atoms with E-state index < -0.39 is 0 Å². The van der Waals surface area contributed by atoms with E-state index in [1.54, 1.807) is 0 Å². The van der Waals surface area contributed by atoms with E-state index in [-0.39, 0.29) is 28.4 Å². The Morgan fingerprint density at radius 1 is 0.519 bits per heavy atom. The van der Waals surface area contributed by atoms with Crippen LogP contribution in [0.15, 0.2) is 188 Å². The van der Waals surface area contributed by atoms with Crippen LogP contribution in [0.25, 0.3) is 21.2 Å². The fourth-order valence-corrected chi connectivity index (χ4v) is 14.7. The third-order valence-corrected chi connectivity index (χ3v) is 19.0. The average Bonchev–Trinajstić information content (AvgIpc) is 4.10. The zero-order valence-corrected chi connectivity index (χ0v) is 47.7. The van der Waals surface area contributed by atoms with E-state index in [4.69, 9.17) is 0 Å². The summed E-state index contributed by atoms with van der Waals surface area (Å²) in [5, 5.41) is 2.73. The third kappa shape index (κ3) is 8.29. The van der Waals surface area contributed by atoms with E-state index >= 15 is 0 Å². The van der Waals surface area contributed by atoms with Crippen molar-refractivity contribution in [1.82, 2.24) is 0 Å². The number of rotatable bonds is 7. The lowest BCUT2D eigenvalue weighted by Gasteiger charge is -2.45. The number of anilines is 9. The Hall–Kier alpha value is -7.08. The first-order chi connectivity index (χ1) is 37.0. The topological polar surface area (TPSA) is 9.72 Å². The van der Waals surface area contributed by atoms with Gasteiger partial charge in [0.1, 0.15) is 0 Å². The van der Waals surface area contributed by atoms with E-state index in [1.807, 2.05) is 11.3 Å². The van der Waals surface area contributed by atoms with Crippen LogP contribution in [0.3, 0.4) is 0 Å². The van der Waals surface area contributed by atoms with E-state index in [2.05, 4.69) is 272 Å². The van der Waals surface area contributed by atoms with Crippen molar-refractivity contribution in [2.75, 3.05) is 14.7 Å². The van der Waals surface area contributed by atoms with Crippen LogP contribution in [0, 0.1) is 0 Å². The molecule has 2 aliphatic heterocycles. The molecule has 77 heavy (non-hydrogen) atoms. The molecule has 5 heteroatoms. The van der Waals surface area contributed by atoms with Gasteiger partial charge in [-0.15, -0.1) is 11.3 Å². The van der Waals surface area contributed by atoms with Crippen molar-refractivity contribution in [2.24, 2.45) is 0 Å². The van der Waals surface area contributed by atoms with Gasteiger partial charge in [0.2, 0.25) is 0 Å². The van der Waals surface area contributed by atoms with Gasteiger partial charge in [0.05, 0.1) is 10.7 Å². The highest BCUT2D eigenvalue weighted by Gasteiger charge is 2.48. The minimum atomic E-state index is -0.156. The van der Waals surface area contributed by atoms with Gasteiger partial charge in [-0.2, -0.15) is 0 Å². The Kier molecular flexibility index (Phi) is 11.7. The predicted molar refractivity (Wildman–Crippen MR) is 334 cm³/mol. The molecule has 3 heterocycles. The van der Waals surface area contributed by atoms with Crippen molar-refractivity contribution < 1.29 is 0 Å². The highest BCUT2D eigenvalue weighted by molar-refractivity contribution is 7.26. The summed E-state index contributed by atoms with van der Waals surface area (Å²) >= 11 is 2.01. The van der Waals surface area contributed by atoms with Crippen molar-refractivity contribution in [3.63, 3.8) is 0 Å². The van der Waals surface area contributed by atoms with Crippen molar-refractivity contribution >= 4 is 95.0 Å². The van der Waals surface area contributed by atoms with Crippen molar-refractivity contribution in [1.29, 1.82) is 0 Å². The van der Waals surface area contributed by atoms with Gasteiger partial charge in [-0.25, -0.2) is 0 Å². The fourth-order valence-electron chi connectivity index (χ4n) is 13.4. The maximum atomic E-state index is 2.73. The molecule has 3 nitrogen and oxygen atoms in total. The van der Waals surface area contributed by atoms with Crippen LogP contribution in [-0.2, 0) is 21.7 Å². The fraction of sp³-hybridized carbons (Fsp3) is 0.278. The van der Waals surface area contributed by atoms with Crippen molar-refractivity contribution in [3.8, 4) is 11.1 Å². The Morgan fingerprint density at radius 3 is 1.75 bits per heavy atom. The average molecular weight is 1020 g/mol. The molecule has 4 aliphatic rings. The number of benzene rings is 8. The second kappa shape index (κ2) is 18.3. The van der Waals surface area contributed by atoms with Crippen LogP contribution in [0.2, 0.25) is 0 Å². The summed E-state index contributed by atoms with van der Waals surface area (Å²) in [6.07, 6.45) is 10.4. The Labute approximate surface area is 463 Å². The Balaban J connectivity index is 1.14. The third-order valence-electron chi connectivity index (χ3n) is 17.9. The summed E-state index contributed by atoms with van der Waals surface area (Å²) in [6.45, 7) is 24.2. The van der Waals surface area contributed by atoms with Crippen molar-refractivity contribution in [3.05, 3.63) is 216 Å². The Bertz CT molecular complexity index is 3740. The first-order valence-corrected chi connectivity index (χ1v) is 29.2. The summed E-state index contributed by atoms with van der Waals surface area (Å²) in [6, 6.07) is 67.7. The summed E-state index contributed by atoms with van der Waals surface area (Å²) < 4.78 is 1.38. The molecule has 0 radical (unpaired) electrons. The zero-order valence-electron chi connectivity index (χ0n) is 46.8. The maximum Gasteiger partial charge on any atom is 0.254 e. The highest BCUT2D eigenvalue weighted by atomic mass is 32.1. The van der Waals surface area contributed by atoms with Crippen LogP contribution < -0.4 is 31.1 Å². The van der Waals surface area contributed by atoms with E-state index in [9.17, 15) is 0 Å². The van der Waals surface area contributed by atoms with E-state index in [1.165, 1.54) is 117 Å². The summed E-state index contributed by atoms with van der Waals surface area (Å²) in [5.41, 5.74) is 23.5. The van der Waals surface area contributed by atoms with Crippen LogP contribution in [-0.4, -0.2) is 6.71 Å². The molecule has 0 saturated carbocycles. The minimum Gasteiger partial charge on any atom is -0.311 e. The minimum absolute atomic E-state index is 0.000227. The normalized spacial score (nSPS) is 17.2. The van der Waals surface area contributed by atoms with Gasteiger partial charge in [0, 0.05) is 50.1 Å². The standard InChI is InChI=1S/C72H72BN3S/c1-69(2,3)49-35-37-61(54(41-49)47-25-15-11-16-26-47)76-64-43-50(70(4,5)6)42-63-67(64)73(66-56-45-57-58(46-65(56)77-68(66)76)72(9,10)40-39-71(57,7)8)59-33-23-24-34-62(59)75(63)60-38-36-53(44-55(60)48-27-17-12-18-28-48)74(51-29-19-13-20-30-51)52-31-21-14-22-32-52/h11-17,19-26,29-38,41-46,48H,18,27-28,39-40H2,1-10H3. The molecule has 0 N–H and O–H groups in total. The molecule has 8 aromatic carbocycles. The lowest BCUT2D eigenvalue weighted by molar-refractivity contribution is 0.332. The molecule has 0 saturated heterocycles. The lowest BCUT2D eigenvalue weighted by atomic mass is 9.33. The smallest absolute Gasteiger partial charge is 0.254 e. The monoisotopic (exact) mass is 1020 g/mol. The van der Waals surface area contributed by atoms with Gasteiger partial charge in [-0.05, 0) is 200 Å². The van der Waals surface area contributed by atoms with Crippen molar-refractivity contribution in [2.45, 2.75) is 129 Å². The molecule has 0 spiro atoms.